The summed E-state index contributed by atoms with van der Waals surface area (Å²) in [7, 11) is -2.83. The molecule has 0 aliphatic rings. The number of amides is 2. The Morgan fingerprint density at radius 1 is 0.837 bits per heavy atom. The maximum absolute atomic E-state index is 14.3. The maximum atomic E-state index is 14.3. The molecule has 4 aromatic rings. The first kappa shape index (κ1) is 32.4. The second kappa shape index (κ2) is 14.3. The van der Waals surface area contributed by atoms with E-state index in [1.807, 2.05) is 37.3 Å². The molecule has 224 valence electrons. The molecule has 1 unspecified atom stereocenters. The number of likely N-dealkylation sites (N-methyl/N-ethyl adjacent to an activating group) is 1. The van der Waals surface area contributed by atoms with Gasteiger partial charge in [-0.25, -0.2) is 8.42 Å². The Hall–Kier alpha value is -3.56. The zero-order valence-electron chi connectivity index (χ0n) is 23.5. The SMILES string of the molecule is CNC(=O)C(Cc1ccccc1)N(Cc1ccccc1Cl)C(=O)CN(c1cc(Cl)ccc1Cl)S(=O)(=O)c1ccc(C)cc1. The van der Waals surface area contributed by atoms with Gasteiger partial charge in [0.2, 0.25) is 11.8 Å². The van der Waals surface area contributed by atoms with Crippen LogP contribution in [0.3, 0.4) is 0 Å². The van der Waals surface area contributed by atoms with Crippen molar-refractivity contribution in [2.45, 2.75) is 30.8 Å². The zero-order chi connectivity index (χ0) is 31.1. The van der Waals surface area contributed by atoms with Crippen LogP contribution in [-0.4, -0.2) is 44.8 Å². The van der Waals surface area contributed by atoms with E-state index in [-0.39, 0.29) is 33.6 Å². The average Bonchev–Trinajstić information content (AvgIpc) is 3.00. The number of hydrogen-bond donors (Lipinski definition) is 1. The van der Waals surface area contributed by atoms with Crippen molar-refractivity contribution in [3.8, 4) is 0 Å². The third-order valence-corrected chi connectivity index (χ3v) is 9.58. The molecule has 1 N–H and O–H groups in total. The number of aryl methyl sites for hydroxylation is 1. The molecule has 7 nitrogen and oxygen atoms in total. The van der Waals surface area contributed by atoms with Crippen LogP contribution in [0.2, 0.25) is 15.1 Å². The smallest absolute Gasteiger partial charge is 0.264 e. The van der Waals surface area contributed by atoms with E-state index >= 15 is 0 Å². The Kier molecular flexibility index (Phi) is 10.7. The van der Waals surface area contributed by atoms with Crippen LogP contribution >= 0.6 is 34.8 Å². The molecule has 0 saturated carbocycles. The fourth-order valence-electron chi connectivity index (χ4n) is 4.56. The summed E-state index contributed by atoms with van der Waals surface area (Å²) in [6.07, 6.45) is 0.180. The summed E-state index contributed by atoms with van der Waals surface area (Å²) in [6, 6.07) is 25.9. The molecule has 0 aromatic heterocycles. The quantitative estimate of drug-likeness (QED) is 0.198. The van der Waals surface area contributed by atoms with Crippen LogP contribution in [0, 0.1) is 6.92 Å². The van der Waals surface area contributed by atoms with E-state index < -0.39 is 34.4 Å². The maximum Gasteiger partial charge on any atom is 0.264 e. The lowest BCUT2D eigenvalue weighted by Gasteiger charge is -2.34. The number of carbonyl (C=O) groups excluding carboxylic acids is 2. The Morgan fingerprint density at radius 2 is 1.49 bits per heavy atom. The Labute approximate surface area is 267 Å². The minimum atomic E-state index is -4.31. The fourth-order valence-corrected chi connectivity index (χ4v) is 6.61. The van der Waals surface area contributed by atoms with Crippen LogP contribution in [0.25, 0.3) is 0 Å². The van der Waals surface area contributed by atoms with E-state index in [4.69, 9.17) is 34.8 Å². The van der Waals surface area contributed by atoms with Crippen molar-refractivity contribution in [3.63, 3.8) is 0 Å². The molecule has 2 amide bonds. The minimum absolute atomic E-state index is 0.0281. The summed E-state index contributed by atoms with van der Waals surface area (Å²) >= 11 is 19.2. The van der Waals surface area contributed by atoms with Crippen LogP contribution in [0.1, 0.15) is 16.7 Å². The molecule has 0 heterocycles. The lowest BCUT2D eigenvalue weighted by atomic mass is 10.0. The highest BCUT2D eigenvalue weighted by Crippen LogP contribution is 2.33. The molecule has 0 spiro atoms. The summed E-state index contributed by atoms with van der Waals surface area (Å²) in [6.45, 7) is 1.12. The van der Waals surface area contributed by atoms with Gasteiger partial charge in [-0.15, -0.1) is 0 Å². The van der Waals surface area contributed by atoms with Crippen molar-refractivity contribution >= 4 is 62.3 Å². The lowest BCUT2D eigenvalue weighted by molar-refractivity contribution is -0.139. The van der Waals surface area contributed by atoms with E-state index in [1.54, 1.807) is 36.4 Å². The van der Waals surface area contributed by atoms with Crippen molar-refractivity contribution in [1.29, 1.82) is 0 Å². The van der Waals surface area contributed by atoms with E-state index in [9.17, 15) is 18.0 Å². The van der Waals surface area contributed by atoms with Gasteiger partial charge in [0.15, 0.2) is 0 Å². The first-order chi connectivity index (χ1) is 20.5. The molecule has 0 fully saturated rings. The topological polar surface area (TPSA) is 86.8 Å². The highest BCUT2D eigenvalue weighted by molar-refractivity contribution is 7.92. The summed E-state index contributed by atoms with van der Waals surface area (Å²) in [5.41, 5.74) is 2.30. The molecule has 0 aliphatic carbocycles. The van der Waals surface area contributed by atoms with Crippen molar-refractivity contribution in [2.75, 3.05) is 17.9 Å². The number of nitrogens with one attached hydrogen (secondary N) is 1. The molecular weight excluding hydrogens is 629 g/mol. The third kappa shape index (κ3) is 7.89. The van der Waals surface area contributed by atoms with Gasteiger partial charge in [-0.05, 0) is 54.4 Å². The molecule has 4 aromatic carbocycles. The molecule has 1 atom stereocenters. The predicted molar refractivity (Wildman–Crippen MR) is 172 cm³/mol. The second-order valence-corrected chi connectivity index (χ2v) is 13.0. The van der Waals surface area contributed by atoms with E-state index in [0.29, 0.717) is 10.6 Å². The Bertz CT molecular complexity index is 1700. The number of rotatable bonds is 11. The first-order valence-corrected chi connectivity index (χ1v) is 15.9. The van der Waals surface area contributed by atoms with Crippen LogP contribution in [0.5, 0.6) is 0 Å². The van der Waals surface area contributed by atoms with Gasteiger partial charge in [0.05, 0.1) is 15.6 Å². The predicted octanol–water partition coefficient (Wildman–Crippen LogP) is 6.54. The number of sulfonamides is 1. The average molecular weight is 659 g/mol. The lowest BCUT2D eigenvalue weighted by Crippen LogP contribution is -2.53. The van der Waals surface area contributed by atoms with E-state index in [2.05, 4.69) is 5.32 Å². The standard InChI is InChI=1S/C32H30Cl3N3O4S/c1-22-12-15-26(16-13-22)43(41,42)38(29-19-25(33)14-17-28(29)35)21-31(39)37(20-24-10-6-7-11-27(24)34)30(32(40)36-2)18-23-8-4-3-5-9-23/h3-17,19,30H,18,20-21H2,1-2H3,(H,36,40). The molecule has 0 radical (unpaired) electrons. The Morgan fingerprint density at radius 3 is 2.14 bits per heavy atom. The number of anilines is 1. The molecule has 0 aliphatic heterocycles. The first-order valence-electron chi connectivity index (χ1n) is 13.3. The monoisotopic (exact) mass is 657 g/mol. The van der Waals surface area contributed by atoms with Gasteiger partial charge < -0.3 is 10.2 Å². The summed E-state index contributed by atoms with van der Waals surface area (Å²) in [5, 5.41) is 3.36. The van der Waals surface area contributed by atoms with Gasteiger partial charge in [-0.1, -0.05) is 101 Å². The zero-order valence-corrected chi connectivity index (χ0v) is 26.6. The number of benzene rings is 4. The largest absolute Gasteiger partial charge is 0.357 e. The fraction of sp³-hybridized carbons (Fsp3) is 0.188. The second-order valence-electron chi connectivity index (χ2n) is 9.85. The molecule has 0 saturated heterocycles. The van der Waals surface area contributed by atoms with Crippen LogP contribution < -0.4 is 9.62 Å². The summed E-state index contributed by atoms with van der Waals surface area (Å²) in [4.78, 5) is 29.0. The number of halogens is 3. The summed E-state index contributed by atoms with van der Waals surface area (Å²) in [5.74, 6) is -1.06. The molecule has 0 bridgehead atoms. The third-order valence-electron chi connectivity index (χ3n) is 6.88. The van der Waals surface area contributed by atoms with Crippen LogP contribution in [0.4, 0.5) is 5.69 Å². The summed E-state index contributed by atoms with van der Waals surface area (Å²) < 4.78 is 29.1. The molecule has 4 rings (SSSR count). The highest BCUT2D eigenvalue weighted by atomic mass is 35.5. The number of hydrogen-bond acceptors (Lipinski definition) is 4. The normalized spacial score (nSPS) is 11.9. The van der Waals surface area contributed by atoms with Crippen molar-refractivity contribution < 1.29 is 18.0 Å². The highest BCUT2D eigenvalue weighted by Gasteiger charge is 2.35. The molecule has 43 heavy (non-hydrogen) atoms. The number of carbonyl (C=O) groups is 2. The molecular formula is C32H30Cl3N3O4S. The number of nitrogens with zero attached hydrogens (tertiary/aromatic N) is 2. The van der Waals surface area contributed by atoms with Gasteiger partial charge in [0.1, 0.15) is 12.6 Å². The van der Waals surface area contributed by atoms with Crippen molar-refractivity contribution in [1.82, 2.24) is 10.2 Å². The van der Waals surface area contributed by atoms with Gasteiger partial charge in [0, 0.05) is 30.1 Å². The minimum Gasteiger partial charge on any atom is -0.357 e. The van der Waals surface area contributed by atoms with Gasteiger partial charge in [-0.3, -0.25) is 13.9 Å². The van der Waals surface area contributed by atoms with E-state index in [0.717, 1.165) is 15.4 Å². The van der Waals surface area contributed by atoms with Gasteiger partial charge >= 0.3 is 0 Å². The van der Waals surface area contributed by atoms with E-state index in [1.165, 1.54) is 42.3 Å². The van der Waals surface area contributed by atoms with Crippen molar-refractivity contribution in [2.24, 2.45) is 0 Å². The van der Waals surface area contributed by atoms with Gasteiger partial charge in [0.25, 0.3) is 10.0 Å². The molecule has 11 heteroatoms. The van der Waals surface area contributed by atoms with Crippen LogP contribution in [0.15, 0.2) is 102 Å². The Balaban J connectivity index is 1.83. The van der Waals surface area contributed by atoms with Crippen LogP contribution in [-0.2, 0) is 32.6 Å². The van der Waals surface area contributed by atoms with Crippen molar-refractivity contribution in [3.05, 3.63) is 129 Å². The van der Waals surface area contributed by atoms with Gasteiger partial charge in [-0.2, -0.15) is 0 Å².